The quantitative estimate of drug-likeness (QED) is 0.834. The number of carbonyl (C=O) groups excluding carboxylic acids is 2. The van der Waals surface area contributed by atoms with Crippen molar-refractivity contribution >= 4 is 17.4 Å². The number of ketones is 1. The largest absolute Gasteiger partial charge is 0.322 e. The van der Waals surface area contributed by atoms with Crippen LogP contribution in [0, 0.1) is 5.92 Å². The van der Waals surface area contributed by atoms with E-state index >= 15 is 0 Å². The van der Waals surface area contributed by atoms with Crippen LogP contribution in [-0.2, 0) is 6.42 Å². The SMILES string of the molecule is CC(=O)c1cccc(NC(=O)c2ccc(CC(C)C)cc2)c1. The van der Waals surface area contributed by atoms with Crippen molar-refractivity contribution in [1.29, 1.82) is 0 Å². The van der Waals surface area contributed by atoms with Gasteiger partial charge in [-0.3, -0.25) is 9.59 Å². The Hall–Kier alpha value is -2.42. The number of hydrogen-bond donors (Lipinski definition) is 1. The van der Waals surface area contributed by atoms with Crippen LogP contribution < -0.4 is 5.32 Å². The van der Waals surface area contributed by atoms with Gasteiger partial charge in [0.2, 0.25) is 0 Å². The number of hydrogen-bond acceptors (Lipinski definition) is 2. The molecule has 22 heavy (non-hydrogen) atoms. The first-order chi connectivity index (χ1) is 10.5. The Labute approximate surface area is 131 Å². The molecule has 0 spiro atoms. The normalized spacial score (nSPS) is 10.5. The summed E-state index contributed by atoms with van der Waals surface area (Å²) >= 11 is 0. The molecule has 2 aromatic carbocycles. The van der Waals surface area contributed by atoms with Crippen molar-refractivity contribution in [3.63, 3.8) is 0 Å². The number of benzene rings is 2. The third-order valence-corrected chi connectivity index (χ3v) is 3.39. The molecule has 0 saturated carbocycles. The molecule has 0 saturated heterocycles. The molecule has 3 heteroatoms. The van der Waals surface area contributed by atoms with E-state index in [0.29, 0.717) is 22.7 Å². The van der Waals surface area contributed by atoms with Crippen LogP contribution in [0.5, 0.6) is 0 Å². The zero-order valence-corrected chi connectivity index (χ0v) is 13.2. The van der Waals surface area contributed by atoms with Gasteiger partial charge >= 0.3 is 0 Å². The van der Waals surface area contributed by atoms with Gasteiger partial charge in [0.1, 0.15) is 0 Å². The molecule has 0 heterocycles. The summed E-state index contributed by atoms with van der Waals surface area (Å²) < 4.78 is 0. The lowest BCUT2D eigenvalue weighted by atomic mass is 10.0. The highest BCUT2D eigenvalue weighted by Crippen LogP contribution is 2.14. The average Bonchev–Trinajstić information content (AvgIpc) is 2.47. The minimum atomic E-state index is -0.170. The first kappa shape index (κ1) is 16.0. The maximum Gasteiger partial charge on any atom is 0.255 e. The van der Waals surface area contributed by atoms with Gasteiger partial charge in [0.25, 0.3) is 5.91 Å². The Kier molecular flexibility index (Phi) is 5.10. The topological polar surface area (TPSA) is 46.2 Å². The molecule has 0 aliphatic carbocycles. The average molecular weight is 295 g/mol. The third-order valence-electron chi connectivity index (χ3n) is 3.39. The van der Waals surface area contributed by atoms with Gasteiger partial charge in [0.15, 0.2) is 5.78 Å². The Morgan fingerprint density at radius 2 is 1.68 bits per heavy atom. The zero-order chi connectivity index (χ0) is 16.1. The van der Waals surface area contributed by atoms with Crippen LogP contribution in [0.25, 0.3) is 0 Å². The van der Waals surface area contributed by atoms with Crippen LogP contribution in [0.3, 0.4) is 0 Å². The minimum absolute atomic E-state index is 0.0193. The van der Waals surface area contributed by atoms with E-state index in [0.717, 1.165) is 6.42 Å². The van der Waals surface area contributed by atoms with Crippen LogP contribution in [0.1, 0.15) is 47.1 Å². The highest BCUT2D eigenvalue weighted by molar-refractivity contribution is 6.05. The summed E-state index contributed by atoms with van der Waals surface area (Å²) in [5.74, 6) is 0.403. The lowest BCUT2D eigenvalue weighted by Gasteiger charge is -2.08. The van der Waals surface area contributed by atoms with Crippen molar-refractivity contribution in [2.45, 2.75) is 27.2 Å². The molecule has 0 unspecified atom stereocenters. The fraction of sp³-hybridized carbons (Fsp3) is 0.263. The summed E-state index contributed by atoms with van der Waals surface area (Å²) in [5.41, 5.74) is 3.06. The molecular weight excluding hydrogens is 274 g/mol. The van der Waals surface area contributed by atoms with Crippen LogP contribution in [0.2, 0.25) is 0 Å². The molecule has 3 nitrogen and oxygen atoms in total. The molecule has 0 aliphatic heterocycles. The summed E-state index contributed by atoms with van der Waals surface area (Å²) in [4.78, 5) is 23.6. The van der Waals surface area contributed by atoms with Crippen LogP contribution >= 0.6 is 0 Å². The Balaban J connectivity index is 2.08. The Morgan fingerprint density at radius 3 is 2.27 bits per heavy atom. The second kappa shape index (κ2) is 7.03. The van der Waals surface area contributed by atoms with Gasteiger partial charge < -0.3 is 5.32 Å². The zero-order valence-electron chi connectivity index (χ0n) is 13.2. The molecule has 2 aromatic rings. The van der Waals surface area contributed by atoms with E-state index < -0.39 is 0 Å². The smallest absolute Gasteiger partial charge is 0.255 e. The van der Waals surface area contributed by atoms with Gasteiger partial charge in [-0.05, 0) is 49.1 Å². The van der Waals surface area contributed by atoms with Crippen molar-refractivity contribution in [1.82, 2.24) is 0 Å². The van der Waals surface area contributed by atoms with E-state index in [4.69, 9.17) is 0 Å². The second-order valence-corrected chi connectivity index (χ2v) is 5.89. The summed E-state index contributed by atoms with van der Waals surface area (Å²) in [6.45, 7) is 5.85. The van der Waals surface area contributed by atoms with E-state index in [1.165, 1.54) is 12.5 Å². The maximum atomic E-state index is 12.2. The fourth-order valence-electron chi connectivity index (χ4n) is 2.28. The molecule has 0 atom stereocenters. The maximum absolute atomic E-state index is 12.2. The molecule has 0 fully saturated rings. The van der Waals surface area contributed by atoms with Crippen molar-refractivity contribution in [2.24, 2.45) is 5.92 Å². The Morgan fingerprint density at radius 1 is 1.00 bits per heavy atom. The number of rotatable bonds is 5. The second-order valence-electron chi connectivity index (χ2n) is 5.89. The number of amides is 1. The summed E-state index contributed by atoms with van der Waals surface area (Å²) in [6, 6.07) is 14.6. The van der Waals surface area contributed by atoms with E-state index in [-0.39, 0.29) is 11.7 Å². The van der Waals surface area contributed by atoms with Crippen molar-refractivity contribution in [2.75, 3.05) is 5.32 Å². The minimum Gasteiger partial charge on any atom is -0.322 e. The lowest BCUT2D eigenvalue weighted by Crippen LogP contribution is -2.12. The van der Waals surface area contributed by atoms with Gasteiger partial charge in [-0.25, -0.2) is 0 Å². The molecule has 1 amide bonds. The van der Waals surface area contributed by atoms with E-state index in [2.05, 4.69) is 19.2 Å². The predicted octanol–water partition coefficient (Wildman–Crippen LogP) is 4.34. The van der Waals surface area contributed by atoms with Gasteiger partial charge in [0, 0.05) is 16.8 Å². The molecule has 1 N–H and O–H groups in total. The first-order valence-electron chi connectivity index (χ1n) is 7.47. The van der Waals surface area contributed by atoms with Gasteiger partial charge in [-0.2, -0.15) is 0 Å². The third kappa shape index (κ3) is 4.29. The summed E-state index contributed by atoms with van der Waals surface area (Å²) in [7, 11) is 0. The van der Waals surface area contributed by atoms with E-state index in [9.17, 15) is 9.59 Å². The lowest BCUT2D eigenvalue weighted by molar-refractivity contribution is 0.101. The van der Waals surface area contributed by atoms with E-state index in [1.807, 2.05) is 24.3 Å². The molecule has 0 radical (unpaired) electrons. The van der Waals surface area contributed by atoms with Gasteiger partial charge in [-0.1, -0.05) is 38.1 Å². The molecular formula is C19H21NO2. The van der Waals surface area contributed by atoms with Crippen molar-refractivity contribution in [3.8, 4) is 0 Å². The number of carbonyl (C=O) groups is 2. The number of nitrogens with one attached hydrogen (secondary N) is 1. The van der Waals surface area contributed by atoms with Gasteiger partial charge in [0.05, 0.1) is 0 Å². The number of Topliss-reactive ketones (excluding diaryl/α,β-unsaturated/α-hetero) is 1. The van der Waals surface area contributed by atoms with Crippen molar-refractivity contribution < 1.29 is 9.59 Å². The standard InChI is InChI=1S/C19H21NO2/c1-13(2)11-15-7-9-16(10-8-15)19(22)20-18-6-4-5-17(12-18)14(3)21/h4-10,12-13H,11H2,1-3H3,(H,20,22). The summed E-state index contributed by atoms with van der Waals surface area (Å²) in [6.07, 6.45) is 1.00. The monoisotopic (exact) mass is 295 g/mol. The highest BCUT2D eigenvalue weighted by Gasteiger charge is 2.08. The first-order valence-corrected chi connectivity index (χ1v) is 7.47. The molecule has 114 valence electrons. The molecule has 2 rings (SSSR count). The molecule has 0 bridgehead atoms. The fourth-order valence-corrected chi connectivity index (χ4v) is 2.28. The molecule has 0 aliphatic rings. The predicted molar refractivity (Wildman–Crippen MR) is 89.4 cm³/mol. The van der Waals surface area contributed by atoms with Crippen LogP contribution in [0.4, 0.5) is 5.69 Å². The van der Waals surface area contributed by atoms with Gasteiger partial charge in [-0.15, -0.1) is 0 Å². The summed E-state index contributed by atoms with van der Waals surface area (Å²) in [5, 5.41) is 2.82. The van der Waals surface area contributed by atoms with E-state index in [1.54, 1.807) is 24.3 Å². The highest BCUT2D eigenvalue weighted by atomic mass is 16.1. The van der Waals surface area contributed by atoms with Crippen LogP contribution in [-0.4, -0.2) is 11.7 Å². The van der Waals surface area contributed by atoms with Crippen LogP contribution in [0.15, 0.2) is 48.5 Å². The van der Waals surface area contributed by atoms with Crippen molar-refractivity contribution in [3.05, 3.63) is 65.2 Å². The number of anilines is 1. The molecule has 0 aromatic heterocycles. The Bertz CT molecular complexity index is 672.